The third kappa shape index (κ3) is 2.36. The molecule has 3 rings (SSSR count). The molecular formula is C11H8LiN5S. The maximum absolute atomic E-state index is 4.21. The number of nitrogens with zero attached hydrogens (tertiary/aromatic N) is 5. The van der Waals surface area contributed by atoms with E-state index in [1.165, 1.54) is 11.3 Å². The van der Waals surface area contributed by atoms with Gasteiger partial charge in [0.05, 0.1) is 0 Å². The van der Waals surface area contributed by atoms with E-state index >= 15 is 0 Å². The topological polar surface area (TPSA) is 56.5 Å². The molecule has 0 saturated carbocycles. The molecular weight excluding hydrogens is 241 g/mol. The predicted molar refractivity (Wildman–Crippen MR) is 64.2 cm³/mol. The Morgan fingerprint density at radius 1 is 1.17 bits per heavy atom. The molecule has 2 aromatic heterocycles. The third-order valence-electron chi connectivity index (χ3n) is 2.43. The summed E-state index contributed by atoms with van der Waals surface area (Å²) in [4.78, 5) is 4.21. The van der Waals surface area contributed by atoms with E-state index in [1.54, 1.807) is 10.2 Å². The molecule has 0 radical (unpaired) electrons. The Labute approximate surface area is 120 Å². The summed E-state index contributed by atoms with van der Waals surface area (Å²) in [5, 5.41) is 14.5. The molecule has 0 saturated heterocycles. The Bertz CT molecular complexity index is 617. The van der Waals surface area contributed by atoms with Crippen LogP contribution in [-0.2, 0) is 7.05 Å². The van der Waals surface area contributed by atoms with Gasteiger partial charge in [-0.1, -0.05) is 23.1 Å². The Kier molecular flexibility index (Phi) is 3.92. The SMILES string of the molecule is Cn1nnnc1-c1ccc(-c2[c-]scn2)cc1.[Li+]. The Hall–Kier alpha value is -1.48. The zero-order chi connectivity index (χ0) is 11.7. The van der Waals surface area contributed by atoms with Gasteiger partial charge in [-0.2, -0.15) is 0 Å². The monoisotopic (exact) mass is 249 g/mol. The van der Waals surface area contributed by atoms with Crippen LogP contribution in [0, 0.1) is 5.38 Å². The molecule has 0 aliphatic heterocycles. The molecule has 0 unspecified atom stereocenters. The normalized spacial score (nSPS) is 10.1. The van der Waals surface area contributed by atoms with Gasteiger partial charge in [-0.25, -0.2) is 4.68 Å². The van der Waals surface area contributed by atoms with E-state index in [4.69, 9.17) is 0 Å². The average Bonchev–Trinajstić information content (AvgIpc) is 3.00. The van der Waals surface area contributed by atoms with Crippen molar-refractivity contribution in [2.45, 2.75) is 0 Å². The van der Waals surface area contributed by atoms with E-state index < -0.39 is 0 Å². The van der Waals surface area contributed by atoms with Gasteiger partial charge in [-0.05, 0) is 21.6 Å². The first-order valence-corrected chi connectivity index (χ1v) is 5.87. The van der Waals surface area contributed by atoms with Gasteiger partial charge in [-0.15, -0.1) is 17.2 Å². The van der Waals surface area contributed by atoms with Crippen LogP contribution in [0.15, 0.2) is 29.8 Å². The summed E-state index contributed by atoms with van der Waals surface area (Å²) in [5.41, 5.74) is 4.68. The number of hydrogen-bond donors (Lipinski definition) is 0. The quantitative estimate of drug-likeness (QED) is 0.423. The summed E-state index contributed by atoms with van der Waals surface area (Å²) in [6.07, 6.45) is 0. The first-order valence-electron chi connectivity index (χ1n) is 4.99. The molecule has 3 aromatic rings. The molecule has 0 amide bonds. The van der Waals surface area contributed by atoms with Crippen LogP contribution >= 0.6 is 11.3 Å². The smallest absolute Gasteiger partial charge is 0.335 e. The largest absolute Gasteiger partial charge is 1.00 e. The number of benzene rings is 1. The van der Waals surface area contributed by atoms with E-state index in [0.717, 1.165) is 22.6 Å². The standard InChI is InChI=1S/C11H8N5S.Li/c1-16-11(13-14-15-16)9-4-2-8(3-5-9)10-6-17-7-12-10;/h2-5,7H,1H3;/q-1;+1. The summed E-state index contributed by atoms with van der Waals surface area (Å²) >= 11 is 1.47. The molecule has 2 heterocycles. The van der Waals surface area contributed by atoms with E-state index in [0.29, 0.717) is 0 Å². The van der Waals surface area contributed by atoms with Crippen LogP contribution in [0.25, 0.3) is 22.6 Å². The van der Waals surface area contributed by atoms with E-state index in [1.807, 2.05) is 31.3 Å². The number of tetrazole rings is 1. The van der Waals surface area contributed by atoms with Gasteiger partial charge in [0.15, 0.2) is 5.82 Å². The number of thiazole rings is 1. The van der Waals surface area contributed by atoms with Crippen LogP contribution in [-0.4, -0.2) is 25.2 Å². The zero-order valence-corrected chi connectivity index (χ0v) is 10.8. The fourth-order valence-electron chi connectivity index (χ4n) is 1.57. The number of aromatic nitrogens is 5. The molecule has 84 valence electrons. The van der Waals surface area contributed by atoms with Crippen LogP contribution in [0.5, 0.6) is 0 Å². The van der Waals surface area contributed by atoms with Gasteiger partial charge in [0.1, 0.15) is 0 Å². The van der Waals surface area contributed by atoms with Crippen molar-refractivity contribution in [3.63, 3.8) is 0 Å². The molecule has 1 aromatic carbocycles. The molecule has 5 nitrogen and oxygen atoms in total. The molecule has 0 aliphatic carbocycles. The number of aryl methyl sites for hydroxylation is 1. The van der Waals surface area contributed by atoms with Gasteiger partial charge in [0, 0.05) is 12.6 Å². The van der Waals surface area contributed by atoms with Gasteiger partial charge < -0.3 is 4.98 Å². The molecule has 0 N–H and O–H groups in total. The summed E-state index contributed by atoms with van der Waals surface area (Å²) in [7, 11) is 1.82. The number of rotatable bonds is 2. The van der Waals surface area contributed by atoms with Crippen molar-refractivity contribution in [2.75, 3.05) is 0 Å². The van der Waals surface area contributed by atoms with E-state index in [-0.39, 0.29) is 18.9 Å². The van der Waals surface area contributed by atoms with Crippen LogP contribution in [0.4, 0.5) is 0 Å². The summed E-state index contributed by atoms with van der Waals surface area (Å²) < 4.78 is 1.64. The molecule has 18 heavy (non-hydrogen) atoms. The van der Waals surface area contributed by atoms with E-state index in [9.17, 15) is 0 Å². The first kappa shape index (κ1) is 13.0. The zero-order valence-electron chi connectivity index (χ0n) is 10.0. The Balaban J connectivity index is 0.00000120. The summed E-state index contributed by atoms with van der Waals surface area (Å²) in [6, 6.07) is 7.95. The molecule has 0 bridgehead atoms. The van der Waals surface area contributed by atoms with Crippen LogP contribution in [0.3, 0.4) is 0 Å². The van der Waals surface area contributed by atoms with Crippen LogP contribution < -0.4 is 18.9 Å². The molecule has 0 fully saturated rings. The maximum Gasteiger partial charge on any atom is 1.00 e. The maximum atomic E-state index is 4.21. The first-order chi connectivity index (χ1) is 8.34. The predicted octanol–water partition coefficient (Wildman–Crippen LogP) is -1.20. The fourth-order valence-corrected chi connectivity index (χ4v) is 2.07. The molecule has 7 heteroatoms. The van der Waals surface area contributed by atoms with Crippen LogP contribution in [0.2, 0.25) is 0 Å². The van der Waals surface area contributed by atoms with Crippen molar-refractivity contribution in [1.82, 2.24) is 25.2 Å². The molecule has 0 atom stereocenters. The second kappa shape index (κ2) is 5.44. The van der Waals surface area contributed by atoms with Gasteiger partial charge >= 0.3 is 18.9 Å². The summed E-state index contributed by atoms with van der Waals surface area (Å²) in [6.45, 7) is 0. The minimum atomic E-state index is 0. The van der Waals surface area contributed by atoms with Crippen molar-refractivity contribution in [1.29, 1.82) is 0 Å². The van der Waals surface area contributed by atoms with E-state index in [2.05, 4.69) is 25.9 Å². The van der Waals surface area contributed by atoms with Crippen molar-refractivity contribution in [2.24, 2.45) is 7.05 Å². The van der Waals surface area contributed by atoms with Crippen molar-refractivity contribution >= 4 is 11.3 Å². The minimum absolute atomic E-state index is 0. The van der Waals surface area contributed by atoms with Gasteiger partial charge in [-0.3, -0.25) is 11.3 Å². The average molecular weight is 249 g/mol. The Morgan fingerprint density at radius 2 is 1.89 bits per heavy atom. The Morgan fingerprint density at radius 3 is 2.44 bits per heavy atom. The minimum Gasteiger partial charge on any atom is -0.335 e. The third-order valence-corrected chi connectivity index (χ3v) is 2.95. The van der Waals surface area contributed by atoms with Crippen molar-refractivity contribution in [3.05, 3.63) is 35.2 Å². The second-order valence-electron chi connectivity index (χ2n) is 3.51. The van der Waals surface area contributed by atoms with Crippen LogP contribution in [0.1, 0.15) is 0 Å². The number of hydrogen-bond acceptors (Lipinski definition) is 5. The van der Waals surface area contributed by atoms with Gasteiger partial charge in [0.25, 0.3) is 0 Å². The second-order valence-corrected chi connectivity index (χ2v) is 4.16. The molecule has 0 spiro atoms. The molecule has 0 aliphatic rings. The summed E-state index contributed by atoms with van der Waals surface area (Å²) in [5.74, 6) is 0.749. The van der Waals surface area contributed by atoms with Crippen molar-refractivity contribution < 1.29 is 18.9 Å². The van der Waals surface area contributed by atoms with Crippen molar-refractivity contribution in [3.8, 4) is 22.6 Å². The van der Waals surface area contributed by atoms with Gasteiger partial charge in [0.2, 0.25) is 0 Å². The fraction of sp³-hybridized carbons (Fsp3) is 0.0909.